The first-order valence-electron chi connectivity index (χ1n) is 21.2. The van der Waals surface area contributed by atoms with Gasteiger partial charge in [0.1, 0.15) is 17.6 Å². The SMILES string of the molecule is O=C1CCC(Nc2ccc(C3CCN(CC4CCC(COC(=O)N5CCC(Nc6ncc(F)c(-c7cccc(-c8ccccc8)c7)n6)CC5)CC4)CC3)c(F)c2)C(=O)N1. The molecule has 3 N–H and O–H groups in total. The highest BCUT2D eigenvalue weighted by atomic mass is 19.1. The van der Waals surface area contributed by atoms with Crippen LogP contribution in [0.3, 0.4) is 0 Å². The van der Waals surface area contributed by atoms with Gasteiger partial charge in [0.15, 0.2) is 5.82 Å². The number of piperidine rings is 3. The summed E-state index contributed by atoms with van der Waals surface area (Å²) in [5.41, 5.74) is 4.23. The average molecular weight is 806 g/mol. The fraction of sp³-hybridized carbons (Fsp3) is 0.457. The van der Waals surface area contributed by atoms with Crippen LogP contribution in [0.25, 0.3) is 22.4 Å². The minimum Gasteiger partial charge on any atom is -0.449 e. The number of hydrogen-bond acceptors (Lipinski definition) is 9. The van der Waals surface area contributed by atoms with Crippen LogP contribution in [-0.4, -0.2) is 89.1 Å². The number of carbonyl (C=O) groups is 3. The van der Waals surface area contributed by atoms with Crippen LogP contribution in [-0.2, 0) is 14.3 Å². The first-order valence-corrected chi connectivity index (χ1v) is 21.2. The molecule has 8 rings (SSSR count). The van der Waals surface area contributed by atoms with E-state index < -0.39 is 11.9 Å². The van der Waals surface area contributed by atoms with Gasteiger partial charge in [0.05, 0.1) is 12.8 Å². The van der Waals surface area contributed by atoms with Gasteiger partial charge in [-0.1, -0.05) is 54.6 Å². The highest BCUT2D eigenvalue weighted by Crippen LogP contribution is 2.35. The van der Waals surface area contributed by atoms with Gasteiger partial charge >= 0.3 is 6.09 Å². The highest BCUT2D eigenvalue weighted by Gasteiger charge is 2.30. The Morgan fingerprint density at radius 1 is 0.763 bits per heavy atom. The van der Waals surface area contributed by atoms with E-state index >= 15 is 4.39 Å². The molecule has 4 fully saturated rings. The number of ether oxygens (including phenoxy) is 1. The molecular weight excluding hydrogens is 753 g/mol. The van der Waals surface area contributed by atoms with Crippen LogP contribution in [0.4, 0.5) is 25.2 Å². The first-order chi connectivity index (χ1) is 28.7. The Bertz CT molecular complexity index is 2100. The lowest BCUT2D eigenvalue weighted by Gasteiger charge is -2.37. The zero-order valence-corrected chi connectivity index (χ0v) is 33.4. The fourth-order valence-electron chi connectivity index (χ4n) is 9.14. The van der Waals surface area contributed by atoms with Crippen molar-refractivity contribution < 1.29 is 27.9 Å². The van der Waals surface area contributed by atoms with Gasteiger partial charge in [0.2, 0.25) is 17.8 Å². The minimum absolute atomic E-state index is 0.0536. The van der Waals surface area contributed by atoms with Crippen molar-refractivity contribution >= 4 is 29.5 Å². The number of amides is 3. The number of imide groups is 1. The van der Waals surface area contributed by atoms with E-state index in [-0.39, 0.29) is 47.8 Å². The summed E-state index contributed by atoms with van der Waals surface area (Å²) in [6.45, 7) is 4.49. The van der Waals surface area contributed by atoms with Crippen molar-refractivity contribution in [2.24, 2.45) is 11.8 Å². The Morgan fingerprint density at radius 2 is 1.49 bits per heavy atom. The molecule has 1 unspecified atom stereocenters. The molecular formula is C46H53F2N7O4. The van der Waals surface area contributed by atoms with E-state index in [1.54, 1.807) is 4.90 Å². The zero-order chi connectivity index (χ0) is 40.7. The van der Waals surface area contributed by atoms with Crippen LogP contribution in [0.15, 0.2) is 79.0 Å². The Balaban J connectivity index is 0.721. The lowest BCUT2D eigenvalue weighted by Crippen LogP contribution is -2.47. The predicted octanol–water partition coefficient (Wildman–Crippen LogP) is 8.00. The summed E-state index contributed by atoms with van der Waals surface area (Å²) in [4.78, 5) is 49.6. The summed E-state index contributed by atoms with van der Waals surface area (Å²) in [6, 6.07) is 22.3. The maximum Gasteiger partial charge on any atom is 0.409 e. The first kappa shape index (κ1) is 40.4. The number of anilines is 2. The van der Waals surface area contributed by atoms with Gasteiger partial charge in [0, 0.05) is 43.3 Å². The van der Waals surface area contributed by atoms with E-state index in [2.05, 4.69) is 30.8 Å². The van der Waals surface area contributed by atoms with Crippen molar-refractivity contribution in [1.29, 1.82) is 0 Å². The minimum atomic E-state index is -0.539. The van der Waals surface area contributed by atoms with Crippen LogP contribution in [0.2, 0.25) is 0 Å². The lowest BCUT2D eigenvalue weighted by atomic mass is 9.81. The van der Waals surface area contributed by atoms with Crippen molar-refractivity contribution in [1.82, 2.24) is 25.1 Å². The molecule has 1 atom stereocenters. The maximum atomic E-state index is 15.2. The summed E-state index contributed by atoms with van der Waals surface area (Å²) in [7, 11) is 0. The standard InChI is InChI=1S/C46H53F2N7O4/c47-39-26-37(50-41-15-16-42(56)52-44(41)57)13-14-38(39)33-17-21-54(22-18-33)28-30-9-11-31(12-10-30)29-59-46(58)55-23-19-36(20-24-55)51-45-49-27-40(48)43(53-45)35-8-4-7-34(25-35)32-5-2-1-3-6-32/h1-8,13-14,25-27,30-31,33,36,41,50H,9-12,15-24,28-29H2,(H,49,51,53)(H,52,56,57). The number of rotatable bonds is 11. The number of hydrogen-bond donors (Lipinski definition) is 3. The van der Waals surface area contributed by atoms with E-state index in [1.165, 1.54) is 12.3 Å². The molecule has 59 heavy (non-hydrogen) atoms. The molecule has 1 aliphatic carbocycles. The molecule has 4 aliphatic rings. The second-order valence-electron chi connectivity index (χ2n) is 16.7. The number of aromatic nitrogens is 2. The number of likely N-dealkylation sites (tertiary alicyclic amines) is 2. The van der Waals surface area contributed by atoms with Crippen molar-refractivity contribution in [2.45, 2.75) is 82.2 Å². The molecule has 3 aromatic carbocycles. The van der Waals surface area contributed by atoms with Gasteiger partial charge in [-0.3, -0.25) is 14.9 Å². The smallest absolute Gasteiger partial charge is 0.409 e. The third-order valence-electron chi connectivity index (χ3n) is 12.6. The van der Waals surface area contributed by atoms with Gasteiger partial charge in [-0.2, -0.15) is 0 Å². The van der Waals surface area contributed by atoms with Crippen molar-refractivity contribution in [3.8, 4) is 22.4 Å². The summed E-state index contributed by atoms with van der Waals surface area (Å²) in [5.74, 6) is 0.132. The van der Waals surface area contributed by atoms with Crippen LogP contribution >= 0.6 is 0 Å². The Kier molecular flexibility index (Phi) is 12.8. The Morgan fingerprint density at radius 3 is 2.24 bits per heavy atom. The maximum absolute atomic E-state index is 15.2. The van der Waals surface area contributed by atoms with Crippen molar-refractivity contribution in [3.05, 3.63) is 96.2 Å². The fourth-order valence-corrected chi connectivity index (χ4v) is 9.14. The summed E-state index contributed by atoms with van der Waals surface area (Å²) in [5, 5.41) is 8.76. The quantitative estimate of drug-likeness (QED) is 0.129. The molecule has 0 radical (unpaired) electrons. The van der Waals surface area contributed by atoms with Crippen molar-refractivity contribution in [2.75, 3.05) is 50.0 Å². The molecule has 4 heterocycles. The number of carbonyl (C=O) groups excluding carboxylic acids is 3. The van der Waals surface area contributed by atoms with E-state index in [0.29, 0.717) is 68.0 Å². The summed E-state index contributed by atoms with van der Waals surface area (Å²) in [6.07, 6.45) is 9.16. The summed E-state index contributed by atoms with van der Waals surface area (Å²) >= 11 is 0. The number of benzene rings is 3. The number of nitrogens with zero attached hydrogens (tertiary/aromatic N) is 4. The Hall–Kier alpha value is -5.43. The van der Waals surface area contributed by atoms with Crippen LogP contribution in [0.5, 0.6) is 0 Å². The molecule has 4 aromatic rings. The normalized spacial score (nSPS) is 22.1. The van der Waals surface area contributed by atoms with Gasteiger partial charge in [-0.15, -0.1) is 0 Å². The third-order valence-corrected chi connectivity index (χ3v) is 12.6. The topological polar surface area (TPSA) is 129 Å². The van der Waals surface area contributed by atoms with Crippen LogP contribution in [0.1, 0.15) is 75.7 Å². The molecule has 0 bridgehead atoms. The third kappa shape index (κ3) is 10.2. The van der Waals surface area contributed by atoms with Gasteiger partial charge in [0.25, 0.3) is 0 Å². The molecule has 3 saturated heterocycles. The second kappa shape index (κ2) is 18.7. The van der Waals surface area contributed by atoms with E-state index in [0.717, 1.165) is 74.8 Å². The molecule has 310 valence electrons. The molecule has 1 aromatic heterocycles. The van der Waals surface area contributed by atoms with E-state index in [4.69, 9.17) is 4.74 Å². The van der Waals surface area contributed by atoms with Crippen LogP contribution < -0.4 is 16.0 Å². The second-order valence-corrected chi connectivity index (χ2v) is 16.7. The zero-order valence-electron chi connectivity index (χ0n) is 33.4. The largest absolute Gasteiger partial charge is 0.449 e. The van der Waals surface area contributed by atoms with Crippen LogP contribution in [0, 0.1) is 23.5 Å². The predicted molar refractivity (Wildman–Crippen MR) is 222 cm³/mol. The number of nitrogens with one attached hydrogen (secondary N) is 3. The molecule has 3 amide bonds. The van der Waals surface area contributed by atoms with Crippen molar-refractivity contribution in [3.63, 3.8) is 0 Å². The van der Waals surface area contributed by atoms with E-state index in [9.17, 15) is 18.8 Å². The molecule has 1 saturated carbocycles. The van der Waals surface area contributed by atoms with Gasteiger partial charge in [-0.05, 0) is 124 Å². The monoisotopic (exact) mass is 805 g/mol. The lowest BCUT2D eigenvalue weighted by molar-refractivity contribution is -0.133. The molecule has 0 spiro atoms. The molecule has 13 heteroatoms. The summed E-state index contributed by atoms with van der Waals surface area (Å²) < 4.78 is 36.0. The number of halogens is 2. The van der Waals surface area contributed by atoms with Gasteiger partial charge in [-0.25, -0.2) is 23.5 Å². The molecule has 11 nitrogen and oxygen atoms in total. The highest BCUT2D eigenvalue weighted by molar-refractivity contribution is 6.01. The van der Waals surface area contributed by atoms with E-state index in [1.807, 2.05) is 66.7 Å². The average Bonchev–Trinajstić information content (AvgIpc) is 3.26. The Labute approximate surface area is 344 Å². The van der Waals surface area contributed by atoms with Gasteiger partial charge < -0.3 is 25.2 Å². The molecule has 3 aliphatic heterocycles.